The van der Waals surface area contributed by atoms with Gasteiger partial charge >= 0.3 is 0 Å². The van der Waals surface area contributed by atoms with E-state index < -0.39 is 0 Å². The van der Waals surface area contributed by atoms with Crippen LogP contribution < -0.4 is 4.74 Å². The number of benzene rings is 2. The van der Waals surface area contributed by atoms with Gasteiger partial charge in [-0.1, -0.05) is 49.4 Å². The van der Waals surface area contributed by atoms with Crippen molar-refractivity contribution >= 4 is 0 Å². The van der Waals surface area contributed by atoms with Crippen molar-refractivity contribution in [3.8, 4) is 5.75 Å². The lowest BCUT2D eigenvalue weighted by Gasteiger charge is -2.16. The average molecular weight is 252 g/mol. The van der Waals surface area contributed by atoms with Gasteiger partial charge in [-0.25, -0.2) is 0 Å². The summed E-state index contributed by atoms with van der Waals surface area (Å²) in [4.78, 5) is 0. The minimum absolute atomic E-state index is 0.341. The zero-order valence-corrected chi connectivity index (χ0v) is 11.6. The summed E-state index contributed by atoms with van der Waals surface area (Å²) in [5.41, 5.74) is 3.26. The number of hydrogen-bond donors (Lipinski definition) is 0. The van der Waals surface area contributed by atoms with E-state index in [1.165, 1.54) is 24.0 Å². The molecule has 0 bridgehead atoms. The summed E-state index contributed by atoms with van der Waals surface area (Å²) in [6, 6.07) is 19.5. The van der Waals surface area contributed by atoms with Crippen molar-refractivity contribution in [1.82, 2.24) is 0 Å². The second-order valence-corrected chi connectivity index (χ2v) is 5.41. The van der Waals surface area contributed by atoms with E-state index in [0.717, 1.165) is 5.75 Å². The highest BCUT2D eigenvalue weighted by Crippen LogP contribution is 2.62. The molecule has 0 N–H and O–H groups in total. The van der Waals surface area contributed by atoms with E-state index in [0.29, 0.717) is 11.3 Å². The molecule has 1 fully saturated rings. The molecule has 0 heterocycles. The molecule has 0 radical (unpaired) electrons. The molecule has 2 aromatic carbocycles. The maximum Gasteiger partial charge on any atom is 0.118 e. The predicted molar refractivity (Wildman–Crippen MR) is 78.8 cm³/mol. The van der Waals surface area contributed by atoms with Gasteiger partial charge < -0.3 is 4.74 Å². The zero-order chi connectivity index (χ0) is 13.3. The van der Waals surface area contributed by atoms with Crippen LogP contribution in [0.3, 0.4) is 0 Å². The Kier molecular flexibility index (Phi) is 3.06. The van der Waals surface area contributed by atoms with Crippen molar-refractivity contribution in [2.45, 2.75) is 31.1 Å². The Balaban J connectivity index is 1.89. The number of hydrogen-bond acceptors (Lipinski definition) is 1. The number of ether oxygens (including phenoxy) is 1. The third kappa shape index (κ3) is 2.03. The minimum atomic E-state index is 0.341. The smallest absolute Gasteiger partial charge is 0.118 e. The van der Waals surface area contributed by atoms with Gasteiger partial charge in [0.15, 0.2) is 0 Å². The van der Waals surface area contributed by atoms with E-state index >= 15 is 0 Å². The van der Waals surface area contributed by atoms with Crippen molar-refractivity contribution in [3.63, 3.8) is 0 Å². The van der Waals surface area contributed by atoms with Gasteiger partial charge in [-0.15, -0.1) is 0 Å². The summed E-state index contributed by atoms with van der Waals surface area (Å²) in [5, 5.41) is 0. The molecule has 0 aliphatic heterocycles. The van der Waals surface area contributed by atoms with Crippen LogP contribution in [0.2, 0.25) is 0 Å². The zero-order valence-electron chi connectivity index (χ0n) is 11.6. The van der Waals surface area contributed by atoms with Gasteiger partial charge in [-0.2, -0.15) is 0 Å². The molecule has 1 saturated carbocycles. The highest BCUT2D eigenvalue weighted by atomic mass is 16.5. The first-order chi connectivity index (χ1) is 9.30. The molecule has 0 aromatic heterocycles. The van der Waals surface area contributed by atoms with Crippen LogP contribution in [0.4, 0.5) is 0 Å². The minimum Gasteiger partial charge on any atom is -0.497 e. The molecular weight excluding hydrogens is 232 g/mol. The third-order valence-corrected chi connectivity index (χ3v) is 4.57. The van der Waals surface area contributed by atoms with Crippen LogP contribution in [0, 0.1) is 0 Å². The fourth-order valence-corrected chi connectivity index (χ4v) is 3.26. The van der Waals surface area contributed by atoms with Gasteiger partial charge in [0.2, 0.25) is 0 Å². The molecule has 1 heteroatoms. The van der Waals surface area contributed by atoms with Gasteiger partial charge in [0.05, 0.1) is 7.11 Å². The molecule has 19 heavy (non-hydrogen) atoms. The Hall–Kier alpha value is -1.76. The maximum atomic E-state index is 5.25. The second kappa shape index (κ2) is 4.73. The van der Waals surface area contributed by atoms with E-state index in [1.54, 1.807) is 7.11 Å². The Morgan fingerprint density at radius 3 is 2.32 bits per heavy atom. The fourth-order valence-electron chi connectivity index (χ4n) is 3.26. The summed E-state index contributed by atoms with van der Waals surface area (Å²) in [7, 11) is 1.72. The molecule has 98 valence electrons. The summed E-state index contributed by atoms with van der Waals surface area (Å²) < 4.78 is 5.25. The Morgan fingerprint density at radius 2 is 1.74 bits per heavy atom. The second-order valence-electron chi connectivity index (χ2n) is 5.41. The lowest BCUT2D eigenvalue weighted by molar-refractivity contribution is 0.414. The first kappa shape index (κ1) is 12.3. The Bertz CT molecular complexity index is 544. The number of methoxy groups -OCH3 is 1. The van der Waals surface area contributed by atoms with Crippen molar-refractivity contribution in [2.24, 2.45) is 0 Å². The third-order valence-electron chi connectivity index (χ3n) is 4.57. The topological polar surface area (TPSA) is 9.23 Å². The van der Waals surface area contributed by atoms with Gasteiger partial charge in [0.25, 0.3) is 0 Å². The van der Waals surface area contributed by atoms with Crippen LogP contribution in [0.5, 0.6) is 5.75 Å². The van der Waals surface area contributed by atoms with Gasteiger partial charge in [-0.05, 0) is 42.0 Å². The van der Waals surface area contributed by atoms with Crippen molar-refractivity contribution in [3.05, 3.63) is 65.7 Å². The highest BCUT2D eigenvalue weighted by Gasteiger charge is 2.54. The Labute approximate surface area is 115 Å². The van der Waals surface area contributed by atoms with Gasteiger partial charge in [0, 0.05) is 5.41 Å². The molecule has 1 nitrogen and oxygen atoms in total. The molecule has 2 aromatic rings. The SMILES string of the molecule is CC[C@]1(c2ccc(OC)cc2)C[C@@H]1c1ccccc1. The predicted octanol–water partition coefficient (Wildman–Crippen LogP) is 4.53. The van der Waals surface area contributed by atoms with E-state index in [4.69, 9.17) is 4.74 Å². The van der Waals surface area contributed by atoms with Crippen molar-refractivity contribution in [1.29, 1.82) is 0 Å². The first-order valence-electron chi connectivity index (χ1n) is 6.99. The van der Waals surface area contributed by atoms with Crippen molar-refractivity contribution < 1.29 is 4.74 Å². The summed E-state index contributed by atoms with van der Waals surface area (Å²) >= 11 is 0. The molecule has 2 atom stereocenters. The molecule has 1 aliphatic rings. The quantitative estimate of drug-likeness (QED) is 0.776. The lowest BCUT2D eigenvalue weighted by Crippen LogP contribution is -2.08. The fraction of sp³-hybridized carbons (Fsp3) is 0.333. The van der Waals surface area contributed by atoms with E-state index in [9.17, 15) is 0 Å². The highest BCUT2D eigenvalue weighted by molar-refractivity contribution is 5.44. The maximum absolute atomic E-state index is 5.25. The first-order valence-corrected chi connectivity index (χ1v) is 6.99. The van der Waals surface area contributed by atoms with Crippen LogP contribution in [-0.4, -0.2) is 7.11 Å². The molecular formula is C18H20O. The average Bonchev–Trinajstić information content (AvgIpc) is 3.24. The van der Waals surface area contributed by atoms with Crippen LogP contribution in [0.25, 0.3) is 0 Å². The lowest BCUT2D eigenvalue weighted by atomic mass is 9.88. The van der Waals surface area contributed by atoms with Crippen LogP contribution in [0.15, 0.2) is 54.6 Å². The van der Waals surface area contributed by atoms with Crippen LogP contribution >= 0.6 is 0 Å². The molecule has 0 spiro atoms. The van der Waals surface area contributed by atoms with Gasteiger partial charge in [0.1, 0.15) is 5.75 Å². The van der Waals surface area contributed by atoms with E-state index in [1.807, 2.05) is 0 Å². The summed E-state index contributed by atoms with van der Waals surface area (Å²) in [6.45, 7) is 2.30. The standard InChI is InChI=1S/C18H20O/c1-3-18(15-9-11-16(19-2)12-10-15)13-17(18)14-7-5-4-6-8-14/h4-12,17H,3,13H2,1-2H3/t17-,18-/m1/s1. The Morgan fingerprint density at radius 1 is 1.05 bits per heavy atom. The van der Waals surface area contributed by atoms with Crippen LogP contribution in [-0.2, 0) is 5.41 Å². The molecule has 1 aliphatic carbocycles. The molecule has 0 amide bonds. The molecule has 0 saturated heterocycles. The normalized spacial score (nSPS) is 25.1. The van der Waals surface area contributed by atoms with Gasteiger partial charge in [-0.3, -0.25) is 0 Å². The summed E-state index contributed by atoms with van der Waals surface area (Å²) in [5.74, 6) is 1.61. The van der Waals surface area contributed by atoms with E-state index in [-0.39, 0.29) is 0 Å². The monoisotopic (exact) mass is 252 g/mol. The summed E-state index contributed by atoms with van der Waals surface area (Å²) in [6.07, 6.45) is 2.46. The number of rotatable bonds is 4. The van der Waals surface area contributed by atoms with Crippen LogP contribution in [0.1, 0.15) is 36.8 Å². The van der Waals surface area contributed by atoms with E-state index in [2.05, 4.69) is 61.5 Å². The van der Waals surface area contributed by atoms with Crippen molar-refractivity contribution in [2.75, 3.05) is 7.11 Å². The molecule has 0 unspecified atom stereocenters. The molecule has 3 rings (SSSR count). The largest absolute Gasteiger partial charge is 0.497 e.